The minimum Gasteiger partial charge on any atom is -0.496 e. The average molecular weight is 393 g/mol. The number of ether oxygens (including phenoxy) is 2. The monoisotopic (exact) mass is 392 g/mol. The summed E-state index contributed by atoms with van der Waals surface area (Å²) in [5.74, 6) is 0.621. The molecule has 3 rings (SSSR count). The van der Waals surface area contributed by atoms with Crippen LogP contribution >= 0.6 is 27.3 Å². The van der Waals surface area contributed by atoms with Crippen LogP contribution in [0, 0.1) is 6.92 Å². The van der Waals surface area contributed by atoms with Crippen LogP contribution in [-0.2, 0) is 0 Å². The van der Waals surface area contributed by atoms with E-state index in [9.17, 15) is 9.90 Å². The van der Waals surface area contributed by atoms with Gasteiger partial charge in [0.1, 0.15) is 11.5 Å². The molecule has 0 unspecified atom stereocenters. The Labute approximate surface area is 145 Å². The van der Waals surface area contributed by atoms with Crippen LogP contribution < -0.4 is 9.47 Å². The topological polar surface area (TPSA) is 55.8 Å². The summed E-state index contributed by atoms with van der Waals surface area (Å²) in [6.45, 7) is 1.92. The fraction of sp³-hybridized carbons (Fsp3) is 0.118. The third kappa shape index (κ3) is 3.04. The molecule has 0 fully saturated rings. The molecule has 0 saturated carbocycles. The molecule has 0 aliphatic carbocycles. The number of thiophene rings is 1. The summed E-state index contributed by atoms with van der Waals surface area (Å²) in [6.07, 6.45) is 0. The van der Waals surface area contributed by atoms with E-state index in [1.165, 1.54) is 11.3 Å². The predicted molar refractivity (Wildman–Crippen MR) is 94.3 cm³/mol. The van der Waals surface area contributed by atoms with Crippen LogP contribution in [0.5, 0.6) is 17.2 Å². The molecule has 0 radical (unpaired) electrons. The fourth-order valence-electron chi connectivity index (χ4n) is 2.28. The Bertz CT molecular complexity index is 884. The Kier molecular flexibility index (Phi) is 4.28. The van der Waals surface area contributed by atoms with Gasteiger partial charge in [-0.05, 0) is 48.9 Å². The van der Waals surface area contributed by atoms with E-state index in [1.807, 2.05) is 31.2 Å². The number of methoxy groups -OCH3 is 1. The van der Waals surface area contributed by atoms with Gasteiger partial charge in [0.2, 0.25) is 0 Å². The number of hydrogen-bond donors (Lipinski definition) is 1. The van der Waals surface area contributed by atoms with E-state index in [1.54, 1.807) is 19.2 Å². The molecule has 6 heteroatoms. The second-order valence-electron chi connectivity index (χ2n) is 4.94. The molecule has 0 amide bonds. The Balaban J connectivity index is 2.17. The first-order valence-corrected chi connectivity index (χ1v) is 8.38. The van der Waals surface area contributed by atoms with Gasteiger partial charge in [-0.3, -0.25) is 0 Å². The molecule has 1 heterocycles. The van der Waals surface area contributed by atoms with Gasteiger partial charge in [-0.1, -0.05) is 15.9 Å². The van der Waals surface area contributed by atoms with Crippen molar-refractivity contribution in [2.75, 3.05) is 7.11 Å². The molecule has 4 nitrogen and oxygen atoms in total. The van der Waals surface area contributed by atoms with Crippen molar-refractivity contribution in [3.05, 3.63) is 51.3 Å². The molecule has 2 aromatic carbocycles. The maximum atomic E-state index is 11.6. The first kappa shape index (κ1) is 15.8. The lowest BCUT2D eigenvalue weighted by molar-refractivity contribution is 0.0700. The van der Waals surface area contributed by atoms with Gasteiger partial charge in [-0.15, -0.1) is 11.3 Å². The quantitative estimate of drug-likeness (QED) is 0.639. The molecule has 1 aromatic heterocycles. The fourth-order valence-corrected chi connectivity index (χ4v) is 3.60. The van der Waals surface area contributed by atoms with E-state index in [0.717, 1.165) is 20.1 Å². The summed E-state index contributed by atoms with van der Waals surface area (Å²) >= 11 is 4.56. The second kappa shape index (κ2) is 6.22. The van der Waals surface area contributed by atoms with Gasteiger partial charge < -0.3 is 14.6 Å². The van der Waals surface area contributed by atoms with Gasteiger partial charge >= 0.3 is 5.97 Å². The Morgan fingerprint density at radius 3 is 2.52 bits per heavy atom. The highest BCUT2D eigenvalue weighted by Crippen LogP contribution is 2.43. The van der Waals surface area contributed by atoms with Crippen LogP contribution in [0.2, 0.25) is 0 Å². The second-order valence-corrected chi connectivity index (χ2v) is 6.91. The zero-order valence-corrected chi connectivity index (χ0v) is 14.8. The molecule has 0 aliphatic heterocycles. The smallest absolute Gasteiger partial charge is 0.349 e. The van der Waals surface area contributed by atoms with E-state index >= 15 is 0 Å². The number of halogens is 1. The molecule has 23 heavy (non-hydrogen) atoms. The van der Waals surface area contributed by atoms with Crippen LogP contribution in [0.15, 0.2) is 40.9 Å². The van der Waals surface area contributed by atoms with Crippen molar-refractivity contribution in [2.45, 2.75) is 6.92 Å². The maximum absolute atomic E-state index is 11.6. The van der Waals surface area contributed by atoms with E-state index in [4.69, 9.17) is 9.47 Å². The molecule has 0 bridgehead atoms. The summed E-state index contributed by atoms with van der Waals surface area (Å²) in [5.41, 5.74) is 0.952. The Hall–Kier alpha value is -2.05. The minimum atomic E-state index is -1.00. The highest BCUT2D eigenvalue weighted by Gasteiger charge is 2.21. The van der Waals surface area contributed by atoms with Crippen molar-refractivity contribution in [1.29, 1.82) is 0 Å². The molecule has 3 aromatic rings. The summed E-state index contributed by atoms with van der Waals surface area (Å²) in [6, 6.07) is 11.0. The molecular weight excluding hydrogens is 380 g/mol. The SMILES string of the molecule is COc1cc2c(Oc3ccc(Br)cc3)c(C(=O)O)sc2cc1C. The highest BCUT2D eigenvalue weighted by molar-refractivity contribution is 9.10. The number of rotatable bonds is 4. The van der Waals surface area contributed by atoms with Crippen molar-refractivity contribution in [3.8, 4) is 17.2 Å². The molecule has 1 N–H and O–H groups in total. The van der Waals surface area contributed by atoms with Crippen molar-refractivity contribution >= 4 is 43.3 Å². The first-order valence-electron chi connectivity index (χ1n) is 6.77. The molecule has 0 spiro atoms. The number of aryl methyl sites for hydroxylation is 1. The Morgan fingerprint density at radius 1 is 1.22 bits per heavy atom. The van der Waals surface area contributed by atoms with Gasteiger partial charge in [0.25, 0.3) is 0 Å². The molecule has 0 saturated heterocycles. The maximum Gasteiger partial charge on any atom is 0.349 e. The number of carboxylic acid groups (broad SMARTS) is 1. The van der Waals surface area contributed by atoms with Crippen molar-refractivity contribution in [1.82, 2.24) is 0 Å². The molecule has 0 atom stereocenters. The zero-order valence-electron chi connectivity index (χ0n) is 12.4. The van der Waals surface area contributed by atoms with Gasteiger partial charge in [-0.2, -0.15) is 0 Å². The molecule has 0 aliphatic rings. The standard InChI is InChI=1S/C17H13BrO4S/c1-9-7-14-12(8-13(9)21-2)15(16(23-14)17(19)20)22-11-5-3-10(18)4-6-11/h3-8H,1-2H3,(H,19,20). The lowest BCUT2D eigenvalue weighted by atomic mass is 10.1. The number of hydrogen-bond acceptors (Lipinski definition) is 4. The zero-order chi connectivity index (χ0) is 16.6. The average Bonchev–Trinajstić information content (AvgIpc) is 2.86. The van der Waals surface area contributed by atoms with Crippen LogP contribution in [0.1, 0.15) is 15.2 Å². The minimum absolute atomic E-state index is 0.176. The van der Waals surface area contributed by atoms with Crippen molar-refractivity contribution in [3.63, 3.8) is 0 Å². The van der Waals surface area contributed by atoms with Crippen LogP contribution in [0.4, 0.5) is 0 Å². The van der Waals surface area contributed by atoms with E-state index in [0.29, 0.717) is 17.2 Å². The number of aromatic carboxylic acids is 1. The number of benzene rings is 2. The van der Waals surface area contributed by atoms with E-state index in [-0.39, 0.29) is 4.88 Å². The lowest BCUT2D eigenvalue weighted by Crippen LogP contribution is -1.95. The summed E-state index contributed by atoms with van der Waals surface area (Å²) in [4.78, 5) is 11.7. The lowest BCUT2D eigenvalue weighted by Gasteiger charge is -2.08. The first-order chi connectivity index (χ1) is 11.0. The van der Waals surface area contributed by atoms with Crippen LogP contribution in [0.3, 0.4) is 0 Å². The largest absolute Gasteiger partial charge is 0.496 e. The molecular formula is C17H13BrO4S. The number of carbonyl (C=O) groups is 1. The number of fused-ring (bicyclic) bond motifs is 1. The van der Waals surface area contributed by atoms with Crippen LogP contribution in [-0.4, -0.2) is 18.2 Å². The van der Waals surface area contributed by atoms with Gasteiger partial charge in [-0.25, -0.2) is 4.79 Å². The third-order valence-electron chi connectivity index (χ3n) is 3.39. The van der Waals surface area contributed by atoms with Crippen LogP contribution in [0.25, 0.3) is 10.1 Å². The van der Waals surface area contributed by atoms with Crippen molar-refractivity contribution < 1.29 is 19.4 Å². The summed E-state index contributed by atoms with van der Waals surface area (Å²) < 4.78 is 13.0. The van der Waals surface area contributed by atoms with E-state index < -0.39 is 5.97 Å². The summed E-state index contributed by atoms with van der Waals surface area (Å²) in [5, 5.41) is 10.2. The summed E-state index contributed by atoms with van der Waals surface area (Å²) in [7, 11) is 1.59. The normalized spacial score (nSPS) is 10.7. The van der Waals surface area contributed by atoms with Crippen molar-refractivity contribution in [2.24, 2.45) is 0 Å². The van der Waals surface area contributed by atoms with Gasteiger partial charge in [0.05, 0.1) is 7.11 Å². The predicted octanol–water partition coefficient (Wildman–Crippen LogP) is 5.47. The number of carboxylic acids is 1. The van der Waals surface area contributed by atoms with E-state index in [2.05, 4.69) is 15.9 Å². The molecule has 118 valence electrons. The van der Waals surface area contributed by atoms with Gasteiger partial charge in [0.15, 0.2) is 10.6 Å². The van der Waals surface area contributed by atoms with Gasteiger partial charge in [0, 0.05) is 14.6 Å². The Morgan fingerprint density at radius 2 is 1.91 bits per heavy atom. The highest BCUT2D eigenvalue weighted by atomic mass is 79.9. The third-order valence-corrected chi connectivity index (χ3v) is 5.04.